The molecule has 1 aromatic heterocycles. The predicted octanol–water partition coefficient (Wildman–Crippen LogP) is -1.69. The number of aliphatic hydroxyl groups is 6. The lowest BCUT2D eigenvalue weighted by Gasteiger charge is -2.45. The van der Waals surface area contributed by atoms with Crippen molar-refractivity contribution in [3.63, 3.8) is 0 Å². The summed E-state index contributed by atoms with van der Waals surface area (Å²) in [6.07, 6.45) is -16.7. The summed E-state index contributed by atoms with van der Waals surface area (Å²) < 4.78 is 28.3. The van der Waals surface area contributed by atoms with Crippen LogP contribution in [0.4, 0.5) is 0 Å². The van der Waals surface area contributed by atoms with Gasteiger partial charge in [0, 0.05) is 17.7 Å². The summed E-state index contributed by atoms with van der Waals surface area (Å²) in [4.78, 5) is 13.7. The molecule has 16 nitrogen and oxygen atoms in total. The number of aromatic hydroxyl groups is 4. The number of phenols is 4. The minimum atomic E-state index is -1.91. The molecule has 2 aromatic carbocycles. The van der Waals surface area contributed by atoms with Crippen LogP contribution in [0.25, 0.3) is 22.3 Å². The zero-order chi connectivity index (χ0) is 31.3. The summed E-state index contributed by atoms with van der Waals surface area (Å²) in [5.41, 5.74) is -1.39. The van der Waals surface area contributed by atoms with Gasteiger partial charge in [0.15, 0.2) is 29.7 Å². The van der Waals surface area contributed by atoms with E-state index < -0.39 is 113 Å². The molecular formula is C27H30O16. The average molecular weight is 611 g/mol. The fraction of sp³-hybridized carbons (Fsp3) is 0.444. The molecule has 10 N–H and O–H groups in total. The molecule has 0 unspecified atom stereocenters. The minimum Gasteiger partial charge on any atom is -0.508 e. The predicted molar refractivity (Wildman–Crippen MR) is 140 cm³/mol. The summed E-state index contributed by atoms with van der Waals surface area (Å²) in [6, 6.07) is 5.21. The van der Waals surface area contributed by atoms with E-state index in [4.69, 9.17) is 23.4 Å². The van der Waals surface area contributed by atoms with Gasteiger partial charge in [-0.25, -0.2) is 0 Å². The van der Waals surface area contributed by atoms with Crippen LogP contribution in [-0.2, 0) is 14.2 Å². The molecule has 43 heavy (non-hydrogen) atoms. The fourth-order valence-corrected chi connectivity index (χ4v) is 4.92. The number of fused-ring (bicyclic) bond motifs is 1. The molecule has 2 saturated heterocycles. The molecule has 5 rings (SSSR count). The number of phenolic OH excluding ortho intramolecular Hbond substituents is 4. The molecule has 0 saturated carbocycles. The molecule has 3 aromatic rings. The molecule has 16 heteroatoms. The molecule has 234 valence electrons. The van der Waals surface area contributed by atoms with Crippen LogP contribution in [0.5, 0.6) is 28.7 Å². The van der Waals surface area contributed by atoms with E-state index in [1.807, 2.05) is 0 Å². The Bertz CT molecular complexity index is 1540. The highest BCUT2D eigenvalue weighted by atomic mass is 16.8. The fourth-order valence-electron chi connectivity index (χ4n) is 4.92. The lowest BCUT2D eigenvalue weighted by molar-refractivity contribution is -0.354. The molecule has 0 aliphatic carbocycles. The van der Waals surface area contributed by atoms with E-state index in [1.54, 1.807) is 0 Å². The molecule has 2 aliphatic rings. The molecule has 0 spiro atoms. The lowest BCUT2D eigenvalue weighted by Crippen LogP contribution is -2.64. The van der Waals surface area contributed by atoms with Crippen molar-refractivity contribution in [3.8, 4) is 40.1 Å². The van der Waals surface area contributed by atoms with Crippen LogP contribution >= 0.6 is 0 Å². The molecule has 2 aliphatic heterocycles. The monoisotopic (exact) mass is 610 g/mol. The summed E-state index contributed by atoms with van der Waals surface area (Å²) >= 11 is 0. The SMILES string of the molecule is C[C@H]1O[C@H](O[C@H]2[C@H](Oc3c(-c4ccc(O)c(O)c4)oc4cc(O)cc(O)c4c3=O)O[C@H](CO)[C@@H](O)[C@@H]2O)[C@@H](O)[C@@H](O)[C@@H]1O. The van der Waals surface area contributed by atoms with Gasteiger partial charge in [0.25, 0.3) is 0 Å². The molecule has 0 bridgehead atoms. The van der Waals surface area contributed by atoms with Crippen molar-refractivity contribution < 1.29 is 74.4 Å². The third kappa shape index (κ3) is 5.55. The van der Waals surface area contributed by atoms with Crippen LogP contribution in [0.2, 0.25) is 0 Å². The summed E-state index contributed by atoms with van der Waals surface area (Å²) in [7, 11) is 0. The first-order valence-corrected chi connectivity index (χ1v) is 13.0. The Labute approximate surface area is 241 Å². The number of hydrogen-bond acceptors (Lipinski definition) is 16. The third-order valence-electron chi connectivity index (χ3n) is 7.31. The topological polar surface area (TPSA) is 269 Å². The first-order chi connectivity index (χ1) is 20.3. The quantitative estimate of drug-likeness (QED) is 0.140. The van der Waals surface area contributed by atoms with Gasteiger partial charge < -0.3 is 74.4 Å². The number of rotatable bonds is 6. The van der Waals surface area contributed by atoms with Crippen LogP contribution in [0.1, 0.15) is 6.92 Å². The van der Waals surface area contributed by atoms with E-state index in [9.17, 15) is 55.9 Å². The Morgan fingerprint density at radius 2 is 1.51 bits per heavy atom. The first kappa shape index (κ1) is 30.7. The van der Waals surface area contributed by atoms with Gasteiger partial charge in [-0.3, -0.25) is 4.79 Å². The highest BCUT2D eigenvalue weighted by Crippen LogP contribution is 2.40. The molecule has 10 atom stereocenters. The van der Waals surface area contributed by atoms with E-state index in [2.05, 4.69) is 0 Å². The maximum Gasteiger partial charge on any atom is 0.239 e. The van der Waals surface area contributed by atoms with Crippen molar-refractivity contribution >= 4 is 11.0 Å². The van der Waals surface area contributed by atoms with Crippen LogP contribution in [0.15, 0.2) is 39.5 Å². The van der Waals surface area contributed by atoms with Gasteiger partial charge in [0.1, 0.15) is 59.1 Å². The van der Waals surface area contributed by atoms with E-state index in [-0.39, 0.29) is 11.1 Å². The van der Waals surface area contributed by atoms with Gasteiger partial charge in [0.2, 0.25) is 17.5 Å². The Morgan fingerprint density at radius 1 is 0.791 bits per heavy atom. The van der Waals surface area contributed by atoms with Crippen molar-refractivity contribution in [2.45, 2.75) is 68.3 Å². The summed E-state index contributed by atoms with van der Waals surface area (Å²) in [5, 5.41) is 102. The largest absolute Gasteiger partial charge is 0.508 e. The van der Waals surface area contributed by atoms with Crippen molar-refractivity contribution in [2.24, 2.45) is 0 Å². The summed E-state index contributed by atoms with van der Waals surface area (Å²) in [6.45, 7) is 0.541. The molecule has 0 amide bonds. The van der Waals surface area contributed by atoms with Gasteiger partial charge in [-0.2, -0.15) is 0 Å². The number of ether oxygens (including phenoxy) is 4. The van der Waals surface area contributed by atoms with Gasteiger partial charge >= 0.3 is 0 Å². The van der Waals surface area contributed by atoms with Crippen molar-refractivity contribution in [1.82, 2.24) is 0 Å². The lowest BCUT2D eigenvalue weighted by atomic mass is 9.97. The van der Waals surface area contributed by atoms with Crippen molar-refractivity contribution in [3.05, 3.63) is 40.6 Å². The Kier molecular flexibility index (Phi) is 8.41. The maximum absolute atomic E-state index is 13.7. The maximum atomic E-state index is 13.7. The van der Waals surface area contributed by atoms with Crippen LogP contribution in [0, 0.1) is 0 Å². The number of aliphatic hydroxyl groups excluding tert-OH is 6. The zero-order valence-electron chi connectivity index (χ0n) is 22.3. The molecule has 2 fully saturated rings. The normalized spacial score (nSPS) is 33.0. The highest BCUT2D eigenvalue weighted by Gasteiger charge is 2.51. The van der Waals surface area contributed by atoms with Gasteiger partial charge in [-0.15, -0.1) is 0 Å². The minimum absolute atomic E-state index is 0.0447. The second kappa shape index (κ2) is 11.8. The Balaban J connectivity index is 1.62. The second-order valence-electron chi connectivity index (χ2n) is 10.2. The van der Waals surface area contributed by atoms with Crippen molar-refractivity contribution in [1.29, 1.82) is 0 Å². The Hall–Kier alpha value is -3.71. The molecule has 0 radical (unpaired) electrons. The molecular weight excluding hydrogens is 580 g/mol. The zero-order valence-corrected chi connectivity index (χ0v) is 22.3. The highest BCUT2D eigenvalue weighted by molar-refractivity contribution is 5.88. The van der Waals surface area contributed by atoms with E-state index in [0.29, 0.717) is 0 Å². The van der Waals surface area contributed by atoms with Gasteiger partial charge in [-0.1, -0.05) is 0 Å². The van der Waals surface area contributed by atoms with E-state index in [1.165, 1.54) is 13.0 Å². The number of hydrogen-bond donors (Lipinski definition) is 10. The van der Waals surface area contributed by atoms with E-state index in [0.717, 1.165) is 24.3 Å². The smallest absolute Gasteiger partial charge is 0.239 e. The molecule has 3 heterocycles. The Morgan fingerprint density at radius 3 is 2.19 bits per heavy atom. The van der Waals surface area contributed by atoms with Crippen LogP contribution in [-0.4, -0.2) is 119 Å². The average Bonchev–Trinajstić information content (AvgIpc) is 2.96. The summed E-state index contributed by atoms with van der Waals surface area (Å²) in [5.74, 6) is -3.40. The van der Waals surface area contributed by atoms with Crippen LogP contribution in [0.3, 0.4) is 0 Å². The van der Waals surface area contributed by atoms with Crippen LogP contribution < -0.4 is 10.2 Å². The number of benzene rings is 2. The second-order valence-corrected chi connectivity index (χ2v) is 10.2. The first-order valence-electron chi connectivity index (χ1n) is 13.0. The van der Waals surface area contributed by atoms with Gasteiger partial charge in [0.05, 0.1) is 12.7 Å². The standard InChI is InChI=1S/C27H30O16/c1-8-17(33)20(36)22(38)26(39-8)43-25-21(37)18(34)15(7-28)41-27(25)42-24-19(35)16-13(32)5-10(29)6-14(16)40-23(24)9-2-3-11(30)12(31)4-9/h2-6,8,15,17-18,20-22,25-34,36-38H,7H2,1H3/t8-,15-,17-,18-,20+,21+,22+,25-,26-,27+/m1/s1. The third-order valence-corrected chi connectivity index (χ3v) is 7.31. The van der Waals surface area contributed by atoms with Gasteiger partial charge in [-0.05, 0) is 25.1 Å². The van der Waals surface area contributed by atoms with Crippen molar-refractivity contribution in [2.75, 3.05) is 6.61 Å². The van der Waals surface area contributed by atoms with E-state index >= 15 is 0 Å².